The predicted octanol–water partition coefficient (Wildman–Crippen LogP) is 3.33. The molecule has 0 spiro atoms. The van der Waals surface area contributed by atoms with Crippen molar-refractivity contribution in [2.75, 3.05) is 7.11 Å². The van der Waals surface area contributed by atoms with Gasteiger partial charge in [0.05, 0.1) is 0 Å². The van der Waals surface area contributed by atoms with Gasteiger partial charge in [0, 0.05) is 0 Å². The third-order valence-corrected chi connectivity index (χ3v) is 13.4. The summed E-state index contributed by atoms with van der Waals surface area (Å²) in [6.45, 7) is 11.5. The summed E-state index contributed by atoms with van der Waals surface area (Å²) < 4.78 is 19.5. The summed E-state index contributed by atoms with van der Waals surface area (Å²) >= 11 is 0.213. The first-order valence-electron chi connectivity index (χ1n) is 9.74. The summed E-state index contributed by atoms with van der Waals surface area (Å²) in [4.78, 5) is 12.0. The Morgan fingerprint density at radius 2 is 1.93 bits per heavy atom. The predicted molar refractivity (Wildman–Crippen MR) is 111 cm³/mol. The van der Waals surface area contributed by atoms with E-state index in [1.165, 1.54) is 11.6 Å². The zero-order valence-corrected chi connectivity index (χ0v) is 19.9. The minimum atomic E-state index is -1.87. The van der Waals surface area contributed by atoms with Crippen molar-refractivity contribution in [1.82, 2.24) is 0 Å². The molecule has 6 heteroatoms. The quantitative estimate of drug-likeness (QED) is 0.488. The molecule has 0 aromatic heterocycles. The second kappa shape index (κ2) is 8.00. The molecule has 4 nitrogen and oxygen atoms in total. The Kier molecular flexibility index (Phi) is 6.24. The maximum absolute atomic E-state index is 12.0. The molecule has 1 saturated carbocycles. The SMILES string of the molecule is COC(=O)C[C@@H]1[C@@H]2C([Se]c3ccccc3)O[C@H]1C[C@H]2O[Si](C)(C)C(C)(C)C. The van der Waals surface area contributed by atoms with Crippen LogP contribution in [0.25, 0.3) is 0 Å². The summed E-state index contributed by atoms with van der Waals surface area (Å²) in [6.07, 6.45) is 1.64. The minimum absolute atomic E-state index is 0.111. The van der Waals surface area contributed by atoms with Gasteiger partial charge in [0.25, 0.3) is 0 Å². The molecule has 1 aromatic rings. The third-order valence-electron chi connectivity index (χ3n) is 6.37. The van der Waals surface area contributed by atoms with Crippen LogP contribution in [0.3, 0.4) is 0 Å². The van der Waals surface area contributed by atoms with Gasteiger partial charge in [-0.3, -0.25) is 0 Å². The Morgan fingerprint density at radius 3 is 2.52 bits per heavy atom. The summed E-state index contributed by atoms with van der Waals surface area (Å²) in [5, 5.41) is 0.344. The van der Waals surface area contributed by atoms with E-state index in [0.29, 0.717) is 6.42 Å². The van der Waals surface area contributed by atoms with Gasteiger partial charge < -0.3 is 0 Å². The number of methoxy groups -OCH3 is 1. The first-order chi connectivity index (χ1) is 12.6. The van der Waals surface area contributed by atoms with Gasteiger partial charge in [-0.1, -0.05) is 0 Å². The van der Waals surface area contributed by atoms with E-state index < -0.39 is 8.32 Å². The van der Waals surface area contributed by atoms with Crippen LogP contribution in [0.2, 0.25) is 18.1 Å². The molecule has 2 aliphatic rings. The van der Waals surface area contributed by atoms with Crippen LogP contribution in [0.15, 0.2) is 30.3 Å². The van der Waals surface area contributed by atoms with E-state index in [2.05, 4.69) is 58.1 Å². The Hall–Kier alpha value is -0.654. The molecule has 150 valence electrons. The van der Waals surface area contributed by atoms with E-state index >= 15 is 0 Å². The van der Waals surface area contributed by atoms with Gasteiger partial charge in [0.1, 0.15) is 0 Å². The number of ether oxygens (including phenoxy) is 2. The van der Waals surface area contributed by atoms with E-state index in [4.69, 9.17) is 13.9 Å². The molecule has 2 bridgehead atoms. The summed E-state index contributed by atoms with van der Waals surface area (Å²) in [5.74, 6) is 0.352. The Bertz CT molecular complexity index is 658. The Labute approximate surface area is 170 Å². The molecule has 0 amide bonds. The van der Waals surface area contributed by atoms with Crippen molar-refractivity contribution < 1.29 is 18.7 Å². The van der Waals surface area contributed by atoms with E-state index in [9.17, 15) is 4.79 Å². The van der Waals surface area contributed by atoms with Crippen molar-refractivity contribution in [2.24, 2.45) is 11.8 Å². The van der Waals surface area contributed by atoms with E-state index in [1.807, 2.05) is 6.07 Å². The van der Waals surface area contributed by atoms with Gasteiger partial charge in [-0.25, -0.2) is 0 Å². The Morgan fingerprint density at radius 1 is 1.26 bits per heavy atom. The van der Waals surface area contributed by atoms with Crippen LogP contribution < -0.4 is 4.46 Å². The topological polar surface area (TPSA) is 44.8 Å². The fourth-order valence-electron chi connectivity index (χ4n) is 3.85. The van der Waals surface area contributed by atoms with Crippen molar-refractivity contribution in [2.45, 2.75) is 69.0 Å². The van der Waals surface area contributed by atoms with Crippen molar-refractivity contribution in [1.29, 1.82) is 0 Å². The molecular weight excluding hydrogens is 423 g/mol. The number of hydrogen-bond donors (Lipinski definition) is 0. The van der Waals surface area contributed by atoms with Crippen LogP contribution in [0, 0.1) is 11.8 Å². The molecule has 0 radical (unpaired) electrons. The molecule has 1 unspecified atom stereocenters. The summed E-state index contributed by atoms with van der Waals surface area (Å²) in [6, 6.07) is 10.6. The fourth-order valence-corrected chi connectivity index (χ4v) is 7.97. The zero-order chi connectivity index (χ0) is 19.8. The molecule has 0 N–H and O–H groups in total. The van der Waals surface area contributed by atoms with Crippen molar-refractivity contribution in [3.63, 3.8) is 0 Å². The van der Waals surface area contributed by atoms with Gasteiger partial charge in [-0.15, -0.1) is 0 Å². The number of benzene rings is 1. The number of rotatable bonds is 6. The van der Waals surface area contributed by atoms with Gasteiger partial charge >= 0.3 is 171 Å². The molecule has 27 heavy (non-hydrogen) atoms. The third kappa shape index (κ3) is 4.51. The molecular formula is C21H32O4SeSi. The molecule has 1 saturated heterocycles. The normalized spacial score (nSPS) is 30.5. The van der Waals surface area contributed by atoms with Crippen LogP contribution in [0.4, 0.5) is 0 Å². The van der Waals surface area contributed by atoms with Gasteiger partial charge in [-0.05, 0) is 0 Å². The zero-order valence-electron chi connectivity index (χ0n) is 17.2. The van der Waals surface area contributed by atoms with Crippen LogP contribution in [-0.2, 0) is 18.7 Å². The van der Waals surface area contributed by atoms with Crippen LogP contribution >= 0.6 is 0 Å². The summed E-state index contributed by atoms with van der Waals surface area (Å²) in [7, 11) is -0.404. The van der Waals surface area contributed by atoms with Gasteiger partial charge in [-0.2, -0.15) is 0 Å². The van der Waals surface area contributed by atoms with Gasteiger partial charge in [0.15, 0.2) is 0 Å². The number of fused-ring (bicyclic) bond motifs is 2. The molecule has 2 fully saturated rings. The summed E-state index contributed by atoms with van der Waals surface area (Å²) in [5.41, 5.74) is 0. The van der Waals surface area contributed by atoms with Crippen molar-refractivity contribution in [3.05, 3.63) is 30.3 Å². The van der Waals surface area contributed by atoms with Crippen molar-refractivity contribution >= 4 is 33.7 Å². The second-order valence-corrected chi connectivity index (χ2v) is 16.4. The van der Waals surface area contributed by atoms with Crippen LogP contribution in [0.1, 0.15) is 33.6 Å². The molecule has 1 aliphatic heterocycles. The first-order valence-corrected chi connectivity index (χ1v) is 14.5. The maximum atomic E-state index is 12.0. The van der Waals surface area contributed by atoms with Crippen molar-refractivity contribution in [3.8, 4) is 0 Å². The fraction of sp³-hybridized carbons (Fsp3) is 0.667. The second-order valence-electron chi connectivity index (χ2n) is 9.15. The average molecular weight is 456 g/mol. The first kappa shape index (κ1) is 21.1. The average Bonchev–Trinajstić information content (AvgIpc) is 3.07. The van der Waals surface area contributed by atoms with E-state index in [-0.39, 0.29) is 55.0 Å². The molecule has 3 rings (SSSR count). The number of esters is 1. The Balaban J connectivity index is 1.80. The molecule has 1 aromatic carbocycles. The number of carbonyl (C=O) groups is 1. The van der Waals surface area contributed by atoms with Crippen LogP contribution in [-0.4, -0.2) is 53.6 Å². The molecule has 5 atom stereocenters. The number of carbonyl (C=O) groups excluding carboxylic acids is 1. The standard InChI is InChI=1S/C21H32O4SeSi/c1-21(2,3)27(5,6)25-17-13-16-15(12-18(22)23-4)19(17)20(24-16)26-14-10-8-7-9-11-14/h7-11,15-17,19-20H,12-13H2,1-6H3/t15-,16-,17+,19-,20?/m0/s1. The van der Waals surface area contributed by atoms with E-state index in [1.54, 1.807) is 0 Å². The van der Waals surface area contributed by atoms with E-state index in [0.717, 1.165) is 6.42 Å². The van der Waals surface area contributed by atoms with Crippen LogP contribution in [0.5, 0.6) is 0 Å². The monoisotopic (exact) mass is 456 g/mol. The van der Waals surface area contributed by atoms with Gasteiger partial charge in [0.2, 0.25) is 0 Å². The molecule has 1 aliphatic carbocycles. The molecule has 1 heterocycles. The number of hydrogen-bond acceptors (Lipinski definition) is 4.